The van der Waals surface area contributed by atoms with Crippen LogP contribution in [0.15, 0.2) is 0 Å². The number of carboxylic acids is 1. The maximum Gasteiger partial charge on any atom is 0.317 e. The van der Waals surface area contributed by atoms with Gasteiger partial charge < -0.3 is 5.11 Å². The molecule has 0 radical (unpaired) electrons. The predicted octanol–water partition coefficient (Wildman–Crippen LogP) is 0.596. The zero-order valence-electron chi connectivity index (χ0n) is 5.92. The molecule has 0 saturated carbocycles. The molecule has 4 heteroatoms. The van der Waals surface area contributed by atoms with Crippen LogP contribution >= 0.6 is 12.6 Å². The summed E-state index contributed by atoms with van der Waals surface area (Å²) in [6, 6.07) is 0. The van der Waals surface area contributed by atoms with Crippen molar-refractivity contribution in [3.8, 4) is 0 Å². The Labute approximate surface area is 64.8 Å². The van der Waals surface area contributed by atoms with Crippen molar-refractivity contribution in [2.75, 3.05) is 5.75 Å². The van der Waals surface area contributed by atoms with Crippen LogP contribution in [0.4, 0.5) is 0 Å². The van der Waals surface area contributed by atoms with Gasteiger partial charge in [-0.15, -0.1) is 0 Å². The summed E-state index contributed by atoms with van der Waals surface area (Å²) in [6.45, 7) is 2.62. The van der Waals surface area contributed by atoms with Crippen molar-refractivity contribution in [3.05, 3.63) is 0 Å². The number of carbonyl (C=O) groups is 2. The first-order valence-electron chi connectivity index (χ1n) is 2.80. The van der Waals surface area contributed by atoms with E-state index in [4.69, 9.17) is 5.11 Å². The molecule has 0 aliphatic rings. The average molecular weight is 162 g/mol. The van der Waals surface area contributed by atoms with E-state index in [0.717, 1.165) is 0 Å². The van der Waals surface area contributed by atoms with E-state index < -0.39 is 11.4 Å². The Kier molecular flexibility index (Phi) is 2.90. The molecule has 0 fully saturated rings. The van der Waals surface area contributed by atoms with Crippen LogP contribution in [0.5, 0.6) is 0 Å². The molecule has 10 heavy (non-hydrogen) atoms. The maximum atomic E-state index is 10.7. The van der Waals surface area contributed by atoms with Gasteiger partial charge in [0.1, 0.15) is 11.2 Å². The van der Waals surface area contributed by atoms with Crippen LogP contribution in [0.25, 0.3) is 0 Å². The number of ketones is 1. The Morgan fingerprint density at radius 3 is 2.00 bits per heavy atom. The molecule has 0 aromatic rings. The van der Waals surface area contributed by atoms with E-state index in [1.165, 1.54) is 13.8 Å². The standard InChI is InChI=1S/C6H10O3S/c1-4(7)6(2,3-10)5(8)9/h10H,3H2,1-2H3,(H,8,9)/t6-/m1/s1. The molecule has 0 saturated heterocycles. The third kappa shape index (κ3) is 1.50. The molecular formula is C6H10O3S. The van der Waals surface area contributed by atoms with E-state index in [1.54, 1.807) is 0 Å². The minimum atomic E-state index is -1.32. The quantitative estimate of drug-likeness (QED) is 0.472. The molecule has 0 amide bonds. The van der Waals surface area contributed by atoms with Gasteiger partial charge in [0.2, 0.25) is 0 Å². The molecule has 0 aliphatic carbocycles. The molecule has 0 unspecified atom stereocenters. The van der Waals surface area contributed by atoms with Crippen molar-refractivity contribution in [2.24, 2.45) is 5.41 Å². The number of hydrogen-bond acceptors (Lipinski definition) is 3. The Balaban J connectivity index is 4.55. The average Bonchev–Trinajstić information content (AvgIpc) is 1.85. The molecule has 1 N–H and O–H groups in total. The second kappa shape index (κ2) is 3.05. The monoisotopic (exact) mass is 162 g/mol. The highest BCUT2D eigenvalue weighted by molar-refractivity contribution is 7.80. The van der Waals surface area contributed by atoms with Gasteiger partial charge >= 0.3 is 5.97 Å². The SMILES string of the molecule is CC(=O)[C@@](C)(CS)C(=O)O. The number of Topliss-reactive ketones (excluding diaryl/α,β-unsaturated/α-hetero) is 1. The Morgan fingerprint density at radius 1 is 1.60 bits per heavy atom. The van der Waals surface area contributed by atoms with Crippen LogP contribution in [-0.2, 0) is 9.59 Å². The lowest BCUT2D eigenvalue weighted by atomic mass is 9.89. The van der Waals surface area contributed by atoms with E-state index in [1.807, 2.05) is 0 Å². The zero-order valence-corrected chi connectivity index (χ0v) is 6.81. The second-order valence-corrected chi connectivity index (χ2v) is 2.67. The fourth-order valence-corrected chi connectivity index (χ4v) is 0.687. The van der Waals surface area contributed by atoms with Crippen molar-refractivity contribution in [1.82, 2.24) is 0 Å². The van der Waals surface area contributed by atoms with Gasteiger partial charge in [0.05, 0.1) is 0 Å². The first-order chi connectivity index (χ1) is 4.45. The fourth-order valence-electron chi connectivity index (χ4n) is 0.330. The highest BCUT2D eigenvalue weighted by Gasteiger charge is 2.36. The van der Waals surface area contributed by atoms with E-state index >= 15 is 0 Å². The lowest BCUT2D eigenvalue weighted by Crippen LogP contribution is -2.36. The van der Waals surface area contributed by atoms with Crippen molar-refractivity contribution in [2.45, 2.75) is 13.8 Å². The summed E-state index contributed by atoms with van der Waals surface area (Å²) in [4.78, 5) is 21.1. The molecule has 0 spiro atoms. The molecule has 0 heterocycles. The third-order valence-corrected chi connectivity index (χ3v) is 2.20. The van der Waals surface area contributed by atoms with Crippen molar-refractivity contribution < 1.29 is 14.7 Å². The zero-order chi connectivity index (χ0) is 8.36. The van der Waals surface area contributed by atoms with E-state index in [9.17, 15) is 9.59 Å². The highest BCUT2D eigenvalue weighted by atomic mass is 32.1. The van der Waals surface area contributed by atoms with Gasteiger partial charge in [-0.1, -0.05) is 0 Å². The van der Waals surface area contributed by atoms with Crippen LogP contribution in [-0.4, -0.2) is 22.6 Å². The third-order valence-electron chi connectivity index (χ3n) is 1.57. The first kappa shape index (κ1) is 9.49. The Morgan fingerprint density at radius 2 is 2.00 bits per heavy atom. The molecule has 1 atom stereocenters. The summed E-state index contributed by atoms with van der Waals surface area (Å²) in [5.41, 5.74) is -1.32. The number of thiol groups is 1. The van der Waals surface area contributed by atoms with E-state index in [2.05, 4.69) is 12.6 Å². The highest BCUT2D eigenvalue weighted by Crippen LogP contribution is 2.19. The molecule has 0 bridgehead atoms. The van der Waals surface area contributed by atoms with Gasteiger partial charge in [-0.25, -0.2) is 0 Å². The molecule has 0 aromatic carbocycles. The molecule has 0 rings (SSSR count). The van der Waals surface area contributed by atoms with Crippen LogP contribution < -0.4 is 0 Å². The Bertz CT molecular complexity index is 150. The van der Waals surface area contributed by atoms with Gasteiger partial charge in [0.25, 0.3) is 0 Å². The number of carbonyl (C=O) groups excluding carboxylic acids is 1. The fraction of sp³-hybridized carbons (Fsp3) is 0.667. The van der Waals surface area contributed by atoms with Gasteiger partial charge in [0.15, 0.2) is 0 Å². The minimum Gasteiger partial charge on any atom is -0.480 e. The summed E-state index contributed by atoms with van der Waals surface area (Å²) in [7, 11) is 0. The second-order valence-electron chi connectivity index (χ2n) is 2.35. The normalized spacial score (nSPS) is 15.9. The number of carboxylic acid groups (broad SMARTS) is 1. The van der Waals surface area contributed by atoms with Crippen molar-refractivity contribution in [3.63, 3.8) is 0 Å². The summed E-state index contributed by atoms with van der Waals surface area (Å²) >= 11 is 3.78. The molecular weight excluding hydrogens is 152 g/mol. The van der Waals surface area contributed by atoms with Gasteiger partial charge in [-0.05, 0) is 13.8 Å². The van der Waals surface area contributed by atoms with Gasteiger partial charge in [-0.2, -0.15) is 12.6 Å². The lowest BCUT2D eigenvalue weighted by Gasteiger charge is -2.17. The number of rotatable bonds is 3. The first-order valence-corrected chi connectivity index (χ1v) is 3.43. The molecule has 3 nitrogen and oxygen atoms in total. The van der Waals surface area contributed by atoms with Crippen LogP contribution in [0.2, 0.25) is 0 Å². The lowest BCUT2D eigenvalue weighted by molar-refractivity contribution is -0.151. The molecule has 58 valence electrons. The van der Waals surface area contributed by atoms with E-state index in [0.29, 0.717) is 0 Å². The maximum absolute atomic E-state index is 10.7. The minimum absolute atomic E-state index is 0.0394. The van der Waals surface area contributed by atoms with Crippen molar-refractivity contribution in [1.29, 1.82) is 0 Å². The number of hydrogen-bond donors (Lipinski definition) is 2. The Hall–Kier alpha value is -0.510. The van der Waals surface area contributed by atoms with Crippen LogP contribution in [0, 0.1) is 5.41 Å². The molecule has 0 aromatic heterocycles. The summed E-state index contributed by atoms with van der Waals surface area (Å²) in [5.74, 6) is -1.44. The smallest absolute Gasteiger partial charge is 0.317 e. The summed E-state index contributed by atoms with van der Waals surface area (Å²) in [5, 5.41) is 8.53. The van der Waals surface area contributed by atoms with Gasteiger partial charge in [0, 0.05) is 5.75 Å². The van der Waals surface area contributed by atoms with Crippen molar-refractivity contribution >= 4 is 24.4 Å². The topological polar surface area (TPSA) is 54.4 Å². The van der Waals surface area contributed by atoms with Crippen LogP contribution in [0.1, 0.15) is 13.8 Å². The number of aliphatic carboxylic acids is 1. The van der Waals surface area contributed by atoms with Crippen LogP contribution in [0.3, 0.4) is 0 Å². The summed E-state index contributed by atoms with van der Waals surface area (Å²) in [6.07, 6.45) is 0. The summed E-state index contributed by atoms with van der Waals surface area (Å²) < 4.78 is 0. The largest absolute Gasteiger partial charge is 0.480 e. The van der Waals surface area contributed by atoms with E-state index in [-0.39, 0.29) is 11.5 Å². The van der Waals surface area contributed by atoms with Gasteiger partial charge in [-0.3, -0.25) is 9.59 Å². The predicted molar refractivity (Wildman–Crippen MR) is 40.3 cm³/mol. The molecule has 0 aliphatic heterocycles.